The molecule has 1 aromatic carbocycles. The summed E-state index contributed by atoms with van der Waals surface area (Å²) < 4.78 is 0. The SMILES string of the molecule is O=C(O)CN(CC(=O)N1CCc2ccccc2C1)C1CC1. The van der Waals surface area contributed by atoms with Crippen molar-refractivity contribution in [3.63, 3.8) is 0 Å². The van der Waals surface area contributed by atoms with Gasteiger partial charge in [0.2, 0.25) is 5.91 Å². The summed E-state index contributed by atoms with van der Waals surface area (Å²) in [5.41, 5.74) is 2.51. The highest BCUT2D eigenvalue weighted by molar-refractivity contribution is 5.79. The third kappa shape index (κ3) is 3.42. The summed E-state index contributed by atoms with van der Waals surface area (Å²) in [5, 5.41) is 8.95. The second-order valence-corrected chi connectivity index (χ2v) is 5.86. The van der Waals surface area contributed by atoms with Crippen molar-refractivity contribution >= 4 is 11.9 Å². The molecule has 1 N–H and O–H groups in total. The zero-order valence-electron chi connectivity index (χ0n) is 12.0. The Hall–Kier alpha value is -1.88. The second kappa shape index (κ2) is 5.85. The van der Waals surface area contributed by atoms with Gasteiger partial charge in [-0.3, -0.25) is 14.5 Å². The zero-order valence-corrected chi connectivity index (χ0v) is 12.0. The van der Waals surface area contributed by atoms with Crippen molar-refractivity contribution in [3.05, 3.63) is 35.4 Å². The number of carbonyl (C=O) groups is 2. The Bertz CT molecular complexity index is 554. The van der Waals surface area contributed by atoms with Crippen LogP contribution in [0.4, 0.5) is 0 Å². The fraction of sp³-hybridized carbons (Fsp3) is 0.500. The van der Waals surface area contributed by atoms with Crippen molar-refractivity contribution in [1.82, 2.24) is 9.80 Å². The lowest BCUT2D eigenvalue weighted by atomic mass is 10.00. The van der Waals surface area contributed by atoms with Gasteiger partial charge in [0.15, 0.2) is 0 Å². The van der Waals surface area contributed by atoms with E-state index in [4.69, 9.17) is 5.11 Å². The van der Waals surface area contributed by atoms with Gasteiger partial charge in [-0.1, -0.05) is 24.3 Å². The smallest absolute Gasteiger partial charge is 0.317 e. The highest BCUT2D eigenvalue weighted by Gasteiger charge is 2.33. The van der Waals surface area contributed by atoms with Crippen LogP contribution in [0.1, 0.15) is 24.0 Å². The molecule has 1 aliphatic carbocycles. The van der Waals surface area contributed by atoms with Gasteiger partial charge < -0.3 is 10.0 Å². The third-order valence-electron chi connectivity index (χ3n) is 4.22. The summed E-state index contributed by atoms with van der Waals surface area (Å²) >= 11 is 0. The first-order valence-electron chi connectivity index (χ1n) is 7.44. The highest BCUT2D eigenvalue weighted by atomic mass is 16.4. The predicted octanol–water partition coefficient (Wildman–Crippen LogP) is 1.12. The molecule has 21 heavy (non-hydrogen) atoms. The van der Waals surface area contributed by atoms with Crippen LogP contribution in [-0.2, 0) is 22.6 Å². The lowest BCUT2D eigenvalue weighted by molar-refractivity contribution is -0.140. The molecule has 1 heterocycles. The van der Waals surface area contributed by atoms with Crippen molar-refractivity contribution in [1.29, 1.82) is 0 Å². The third-order valence-corrected chi connectivity index (χ3v) is 4.22. The Morgan fingerprint density at radius 2 is 1.90 bits per heavy atom. The van der Waals surface area contributed by atoms with E-state index in [1.54, 1.807) is 4.90 Å². The first kappa shape index (κ1) is 14.1. The number of carboxylic acids is 1. The van der Waals surface area contributed by atoms with Crippen LogP contribution in [0.15, 0.2) is 24.3 Å². The Kier molecular flexibility index (Phi) is 3.92. The first-order chi connectivity index (χ1) is 10.1. The number of rotatable bonds is 5. The van der Waals surface area contributed by atoms with Gasteiger partial charge in [0.25, 0.3) is 0 Å². The van der Waals surface area contributed by atoms with Crippen LogP contribution < -0.4 is 0 Å². The molecule has 1 aliphatic heterocycles. The first-order valence-corrected chi connectivity index (χ1v) is 7.44. The Morgan fingerprint density at radius 3 is 2.57 bits per heavy atom. The van der Waals surface area contributed by atoms with Crippen molar-refractivity contribution in [2.45, 2.75) is 31.8 Å². The largest absolute Gasteiger partial charge is 0.480 e. The molecule has 1 saturated carbocycles. The van der Waals surface area contributed by atoms with E-state index in [2.05, 4.69) is 12.1 Å². The van der Waals surface area contributed by atoms with Gasteiger partial charge in [-0.25, -0.2) is 0 Å². The molecule has 1 fully saturated rings. The average Bonchev–Trinajstić information content (AvgIpc) is 3.30. The number of nitrogens with zero attached hydrogens (tertiary/aromatic N) is 2. The lowest BCUT2D eigenvalue weighted by Gasteiger charge is -2.31. The van der Waals surface area contributed by atoms with Crippen molar-refractivity contribution in [2.24, 2.45) is 0 Å². The Balaban J connectivity index is 1.62. The highest BCUT2D eigenvalue weighted by Crippen LogP contribution is 2.27. The molecule has 1 aromatic rings. The van der Waals surface area contributed by atoms with Gasteiger partial charge in [-0.15, -0.1) is 0 Å². The molecule has 5 nitrogen and oxygen atoms in total. The van der Waals surface area contributed by atoms with Gasteiger partial charge in [0.05, 0.1) is 13.1 Å². The molecule has 0 spiro atoms. The summed E-state index contributed by atoms with van der Waals surface area (Å²) in [6.07, 6.45) is 2.89. The molecule has 1 amide bonds. The van der Waals surface area contributed by atoms with Gasteiger partial charge in [-0.2, -0.15) is 0 Å². The van der Waals surface area contributed by atoms with E-state index in [0.717, 1.165) is 25.8 Å². The number of aliphatic carboxylic acids is 1. The van der Waals surface area contributed by atoms with Crippen LogP contribution in [0.25, 0.3) is 0 Å². The van der Waals surface area contributed by atoms with Crippen LogP contribution in [0.3, 0.4) is 0 Å². The summed E-state index contributed by atoms with van der Waals surface area (Å²) in [5.74, 6) is -0.823. The van der Waals surface area contributed by atoms with Crippen LogP contribution >= 0.6 is 0 Å². The van der Waals surface area contributed by atoms with Crippen LogP contribution in [0, 0.1) is 0 Å². The van der Waals surface area contributed by atoms with Gasteiger partial charge in [-0.05, 0) is 30.4 Å². The molecule has 5 heteroatoms. The quantitative estimate of drug-likeness (QED) is 0.882. The molecule has 112 valence electrons. The van der Waals surface area contributed by atoms with Crippen molar-refractivity contribution in [3.8, 4) is 0 Å². The number of hydrogen-bond acceptors (Lipinski definition) is 3. The number of amides is 1. The van der Waals surface area contributed by atoms with E-state index in [0.29, 0.717) is 6.54 Å². The molecule has 0 aromatic heterocycles. The summed E-state index contributed by atoms with van der Waals surface area (Å²) in [6.45, 7) is 1.54. The maximum Gasteiger partial charge on any atom is 0.317 e. The zero-order chi connectivity index (χ0) is 14.8. The molecule has 0 saturated heterocycles. The van der Waals surface area contributed by atoms with E-state index in [-0.39, 0.29) is 25.0 Å². The van der Waals surface area contributed by atoms with Crippen molar-refractivity contribution in [2.75, 3.05) is 19.6 Å². The second-order valence-electron chi connectivity index (χ2n) is 5.86. The molecule has 0 unspecified atom stereocenters. The summed E-state index contributed by atoms with van der Waals surface area (Å²) in [6, 6.07) is 8.47. The van der Waals surface area contributed by atoms with E-state index in [1.165, 1.54) is 11.1 Å². The lowest BCUT2D eigenvalue weighted by Crippen LogP contribution is -2.44. The van der Waals surface area contributed by atoms with E-state index < -0.39 is 5.97 Å². The number of benzene rings is 1. The summed E-state index contributed by atoms with van der Waals surface area (Å²) in [7, 11) is 0. The standard InChI is InChI=1S/C16H20N2O3/c19-15(10-18(11-16(20)21)14-5-6-14)17-8-7-12-3-1-2-4-13(12)9-17/h1-4,14H,5-11H2,(H,20,21). The normalized spacial score (nSPS) is 17.7. The van der Waals surface area contributed by atoms with Crippen LogP contribution in [0.2, 0.25) is 0 Å². The minimum Gasteiger partial charge on any atom is -0.480 e. The number of carboxylic acid groups (broad SMARTS) is 1. The molecule has 3 rings (SSSR count). The average molecular weight is 288 g/mol. The van der Waals surface area contributed by atoms with Crippen LogP contribution in [0.5, 0.6) is 0 Å². The minimum atomic E-state index is -0.862. The van der Waals surface area contributed by atoms with E-state index in [9.17, 15) is 9.59 Å². The minimum absolute atomic E-state index is 0.0395. The predicted molar refractivity (Wildman–Crippen MR) is 77.8 cm³/mol. The number of fused-ring (bicyclic) bond motifs is 1. The van der Waals surface area contributed by atoms with Gasteiger partial charge in [0.1, 0.15) is 0 Å². The van der Waals surface area contributed by atoms with Crippen LogP contribution in [-0.4, -0.2) is 52.5 Å². The number of carbonyl (C=O) groups excluding carboxylic acids is 1. The molecule has 0 atom stereocenters. The molecule has 0 radical (unpaired) electrons. The molecular formula is C16H20N2O3. The summed E-state index contributed by atoms with van der Waals surface area (Å²) in [4.78, 5) is 27.0. The molecule has 2 aliphatic rings. The molecular weight excluding hydrogens is 268 g/mol. The topological polar surface area (TPSA) is 60.9 Å². The monoisotopic (exact) mass is 288 g/mol. The van der Waals surface area contributed by atoms with E-state index >= 15 is 0 Å². The maximum absolute atomic E-state index is 12.4. The fourth-order valence-corrected chi connectivity index (χ4v) is 2.91. The maximum atomic E-state index is 12.4. The Labute approximate surface area is 124 Å². The van der Waals surface area contributed by atoms with Crippen molar-refractivity contribution < 1.29 is 14.7 Å². The fourth-order valence-electron chi connectivity index (χ4n) is 2.91. The molecule has 0 bridgehead atoms. The van der Waals surface area contributed by atoms with Gasteiger partial charge >= 0.3 is 5.97 Å². The Morgan fingerprint density at radius 1 is 1.19 bits per heavy atom. The number of hydrogen-bond donors (Lipinski definition) is 1. The van der Waals surface area contributed by atoms with Gasteiger partial charge in [0, 0.05) is 19.1 Å². The van der Waals surface area contributed by atoms with E-state index in [1.807, 2.05) is 17.0 Å².